The second-order valence-corrected chi connectivity index (χ2v) is 6.56. The van der Waals surface area contributed by atoms with Crippen LogP contribution < -0.4 is 5.32 Å². The topological polar surface area (TPSA) is 35.5 Å². The van der Waals surface area contributed by atoms with Gasteiger partial charge in [-0.25, -0.2) is 0 Å². The van der Waals surface area contributed by atoms with Crippen molar-refractivity contribution in [2.75, 3.05) is 25.0 Å². The molecule has 0 amide bonds. The zero-order valence-electron chi connectivity index (χ0n) is 14.6. The van der Waals surface area contributed by atoms with Crippen LogP contribution in [0.1, 0.15) is 30.4 Å². The van der Waals surface area contributed by atoms with Gasteiger partial charge in [0.25, 0.3) is 0 Å². The quantitative estimate of drug-likeness (QED) is 0.822. The summed E-state index contributed by atoms with van der Waals surface area (Å²) < 4.78 is 0. The summed E-state index contributed by atoms with van der Waals surface area (Å²) in [4.78, 5) is 2.52. The number of benzene rings is 2. The third-order valence-electron chi connectivity index (χ3n) is 4.48. The van der Waals surface area contributed by atoms with Crippen molar-refractivity contribution >= 4 is 5.69 Å². The molecule has 130 valence electrons. The Labute approximate surface area is 150 Å². The molecule has 0 aliphatic carbocycles. The van der Waals surface area contributed by atoms with E-state index in [0.717, 1.165) is 25.2 Å². The summed E-state index contributed by atoms with van der Waals surface area (Å²) in [5.41, 5.74) is 3.55. The van der Waals surface area contributed by atoms with E-state index >= 15 is 0 Å². The van der Waals surface area contributed by atoms with Crippen LogP contribution in [0.4, 0.5) is 5.69 Å². The lowest BCUT2D eigenvalue weighted by Gasteiger charge is -2.33. The van der Waals surface area contributed by atoms with Crippen molar-refractivity contribution in [3.8, 4) is 11.8 Å². The second-order valence-electron chi connectivity index (χ2n) is 6.56. The Morgan fingerprint density at radius 3 is 2.64 bits per heavy atom. The van der Waals surface area contributed by atoms with Crippen LogP contribution in [0, 0.1) is 11.8 Å². The van der Waals surface area contributed by atoms with Crippen molar-refractivity contribution in [3.05, 3.63) is 65.7 Å². The standard InChI is InChI=1S/C22H26N2O/c25-16-5-4-7-19-11-13-20(14-12-19)17-24-15-6-10-22(18-24)23-21-8-2-1-3-9-21/h1-3,8-9,11-14,22-23,25H,5-6,10,15-18H2/t22-/m1/s1. The summed E-state index contributed by atoms with van der Waals surface area (Å²) in [6.07, 6.45) is 2.99. The van der Waals surface area contributed by atoms with Crippen molar-refractivity contribution in [2.45, 2.75) is 31.8 Å². The van der Waals surface area contributed by atoms with E-state index in [0.29, 0.717) is 12.5 Å². The van der Waals surface area contributed by atoms with Gasteiger partial charge in [0.15, 0.2) is 0 Å². The van der Waals surface area contributed by atoms with Crippen molar-refractivity contribution in [2.24, 2.45) is 0 Å². The maximum absolute atomic E-state index is 8.77. The maximum Gasteiger partial charge on any atom is 0.0540 e. The van der Waals surface area contributed by atoms with E-state index in [1.807, 2.05) is 0 Å². The minimum Gasteiger partial charge on any atom is -0.395 e. The number of nitrogens with zero attached hydrogens (tertiary/aromatic N) is 1. The number of para-hydroxylation sites is 1. The number of hydrogen-bond acceptors (Lipinski definition) is 3. The summed E-state index contributed by atoms with van der Waals surface area (Å²) in [6.45, 7) is 3.34. The Balaban J connectivity index is 1.53. The predicted molar refractivity (Wildman–Crippen MR) is 103 cm³/mol. The Hall–Kier alpha value is -2.28. The van der Waals surface area contributed by atoms with Gasteiger partial charge in [-0.15, -0.1) is 0 Å². The lowest BCUT2D eigenvalue weighted by Crippen LogP contribution is -2.41. The molecule has 1 atom stereocenters. The molecule has 1 aliphatic heterocycles. The van der Waals surface area contributed by atoms with Crippen LogP contribution in [-0.2, 0) is 6.54 Å². The van der Waals surface area contributed by atoms with E-state index in [1.54, 1.807) is 0 Å². The first kappa shape index (κ1) is 17.5. The lowest BCUT2D eigenvalue weighted by atomic mass is 10.0. The fraction of sp³-hybridized carbons (Fsp3) is 0.364. The van der Waals surface area contributed by atoms with E-state index < -0.39 is 0 Å². The van der Waals surface area contributed by atoms with E-state index in [4.69, 9.17) is 5.11 Å². The molecule has 1 saturated heterocycles. The third-order valence-corrected chi connectivity index (χ3v) is 4.48. The van der Waals surface area contributed by atoms with Gasteiger partial charge < -0.3 is 10.4 Å². The average Bonchev–Trinajstić information content (AvgIpc) is 2.65. The van der Waals surface area contributed by atoms with Crippen molar-refractivity contribution in [1.82, 2.24) is 4.90 Å². The van der Waals surface area contributed by atoms with Crippen LogP contribution in [-0.4, -0.2) is 35.7 Å². The van der Waals surface area contributed by atoms with E-state index in [2.05, 4.69) is 76.7 Å². The summed E-state index contributed by atoms with van der Waals surface area (Å²) in [5.74, 6) is 6.04. The fourth-order valence-corrected chi connectivity index (χ4v) is 3.26. The Bertz CT molecular complexity index is 700. The van der Waals surface area contributed by atoms with Gasteiger partial charge in [0.1, 0.15) is 0 Å². The molecule has 2 aromatic rings. The number of anilines is 1. The molecule has 1 heterocycles. The van der Waals surface area contributed by atoms with Crippen LogP contribution in [0.25, 0.3) is 0 Å². The molecular weight excluding hydrogens is 308 g/mol. The molecule has 3 rings (SSSR count). The molecule has 0 unspecified atom stereocenters. The fourth-order valence-electron chi connectivity index (χ4n) is 3.26. The van der Waals surface area contributed by atoms with Gasteiger partial charge >= 0.3 is 0 Å². The SMILES string of the molecule is OCCC#Cc1ccc(CN2CCC[C@@H](Nc3ccccc3)C2)cc1. The zero-order chi connectivity index (χ0) is 17.3. The zero-order valence-corrected chi connectivity index (χ0v) is 14.6. The minimum atomic E-state index is 0.123. The van der Waals surface area contributed by atoms with Crippen LogP contribution in [0.15, 0.2) is 54.6 Å². The highest BCUT2D eigenvalue weighted by molar-refractivity contribution is 5.43. The normalized spacial score (nSPS) is 17.6. The lowest BCUT2D eigenvalue weighted by molar-refractivity contribution is 0.208. The first-order chi connectivity index (χ1) is 12.3. The Kier molecular flexibility index (Phi) is 6.50. The molecule has 0 radical (unpaired) electrons. The molecule has 3 nitrogen and oxygen atoms in total. The highest BCUT2D eigenvalue weighted by Crippen LogP contribution is 2.18. The molecule has 0 saturated carbocycles. The molecular formula is C22H26N2O. The smallest absolute Gasteiger partial charge is 0.0540 e. The van der Waals surface area contributed by atoms with Crippen LogP contribution in [0.5, 0.6) is 0 Å². The Morgan fingerprint density at radius 1 is 1.08 bits per heavy atom. The number of hydrogen-bond donors (Lipinski definition) is 2. The molecule has 0 aromatic heterocycles. The number of piperidine rings is 1. The van der Waals surface area contributed by atoms with Gasteiger partial charge in [0.2, 0.25) is 0 Å². The van der Waals surface area contributed by atoms with Gasteiger partial charge in [0.05, 0.1) is 6.61 Å². The van der Waals surface area contributed by atoms with Crippen molar-refractivity contribution in [3.63, 3.8) is 0 Å². The number of aliphatic hydroxyl groups excluding tert-OH is 1. The molecule has 2 aromatic carbocycles. The van der Waals surface area contributed by atoms with Gasteiger partial charge in [-0.2, -0.15) is 0 Å². The summed E-state index contributed by atoms with van der Waals surface area (Å²) in [7, 11) is 0. The second kappa shape index (κ2) is 9.27. The first-order valence-corrected chi connectivity index (χ1v) is 9.06. The molecule has 0 bridgehead atoms. The van der Waals surface area contributed by atoms with E-state index in [1.165, 1.54) is 24.1 Å². The predicted octanol–water partition coefficient (Wildman–Crippen LogP) is 3.50. The van der Waals surface area contributed by atoms with Crippen LogP contribution in [0.2, 0.25) is 0 Å². The highest BCUT2D eigenvalue weighted by Gasteiger charge is 2.19. The molecule has 1 aliphatic rings. The van der Waals surface area contributed by atoms with Gasteiger partial charge in [-0.3, -0.25) is 4.90 Å². The molecule has 1 fully saturated rings. The number of aliphatic hydroxyl groups is 1. The molecule has 0 spiro atoms. The largest absolute Gasteiger partial charge is 0.395 e. The van der Waals surface area contributed by atoms with E-state index in [9.17, 15) is 0 Å². The minimum absolute atomic E-state index is 0.123. The third kappa shape index (κ3) is 5.63. The summed E-state index contributed by atoms with van der Waals surface area (Å²) in [6, 6.07) is 19.5. The number of likely N-dealkylation sites (tertiary alicyclic amines) is 1. The maximum atomic E-state index is 8.77. The van der Waals surface area contributed by atoms with Crippen LogP contribution >= 0.6 is 0 Å². The van der Waals surface area contributed by atoms with Gasteiger partial charge in [0, 0.05) is 36.8 Å². The first-order valence-electron chi connectivity index (χ1n) is 9.06. The number of rotatable bonds is 5. The van der Waals surface area contributed by atoms with Gasteiger partial charge in [-0.05, 0) is 49.2 Å². The monoisotopic (exact) mass is 334 g/mol. The van der Waals surface area contributed by atoms with Gasteiger partial charge in [-0.1, -0.05) is 42.2 Å². The Morgan fingerprint density at radius 2 is 1.88 bits per heavy atom. The summed E-state index contributed by atoms with van der Waals surface area (Å²) in [5, 5.41) is 12.4. The molecule has 2 N–H and O–H groups in total. The number of nitrogens with one attached hydrogen (secondary N) is 1. The average molecular weight is 334 g/mol. The van der Waals surface area contributed by atoms with Crippen molar-refractivity contribution < 1.29 is 5.11 Å². The van der Waals surface area contributed by atoms with Crippen LogP contribution in [0.3, 0.4) is 0 Å². The molecule has 25 heavy (non-hydrogen) atoms. The van der Waals surface area contributed by atoms with Crippen molar-refractivity contribution in [1.29, 1.82) is 0 Å². The molecule has 3 heteroatoms. The van der Waals surface area contributed by atoms with E-state index in [-0.39, 0.29) is 6.61 Å². The summed E-state index contributed by atoms with van der Waals surface area (Å²) >= 11 is 0. The highest BCUT2D eigenvalue weighted by atomic mass is 16.2.